The minimum Gasteiger partial charge on any atom is -0.314 e. The van der Waals surface area contributed by atoms with E-state index < -0.39 is 0 Å². The van der Waals surface area contributed by atoms with Gasteiger partial charge in [-0.2, -0.15) is 0 Å². The molecule has 0 amide bonds. The third-order valence-electron chi connectivity index (χ3n) is 2.16. The van der Waals surface area contributed by atoms with Crippen LogP contribution >= 0.6 is 0 Å². The average Bonchev–Trinajstić information content (AvgIpc) is 2.60. The Morgan fingerprint density at radius 2 is 1.85 bits per heavy atom. The van der Waals surface area contributed by atoms with E-state index in [1.807, 2.05) is 33.8 Å². The number of hydrogen-bond acceptors (Lipinski definition) is 1. The van der Waals surface area contributed by atoms with Gasteiger partial charge < -0.3 is 5.32 Å². The van der Waals surface area contributed by atoms with Gasteiger partial charge in [-0.3, -0.25) is 0 Å². The number of nitrogens with one attached hydrogen (secondary N) is 1. The molecule has 1 aliphatic heterocycles. The second-order valence-corrected chi connectivity index (χ2v) is 2.82. The Hall–Kier alpha value is -0.300. The van der Waals surface area contributed by atoms with Crippen molar-refractivity contribution in [3.8, 4) is 0 Å². The maximum absolute atomic E-state index is 3.73. The largest absolute Gasteiger partial charge is 0.314 e. The number of hydrogen-bond donors (Lipinski definition) is 1. The summed E-state index contributed by atoms with van der Waals surface area (Å²) < 4.78 is 0. The molecule has 0 aromatic rings. The summed E-state index contributed by atoms with van der Waals surface area (Å²) in [5.41, 5.74) is 0. The van der Waals surface area contributed by atoms with Gasteiger partial charge in [-0.25, -0.2) is 0 Å². The van der Waals surface area contributed by atoms with Crippen LogP contribution < -0.4 is 5.32 Å². The summed E-state index contributed by atoms with van der Waals surface area (Å²) in [5, 5.41) is 3.41. The Labute approximate surface area is 84.6 Å². The fraction of sp³-hybridized carbons (Fsp3) is 0.833. The predicted molar refractivity (Wildman–Crippen MR) is 63.1 cm³/mol. The van der Waals surface area contributed by atoms with E-state index in [0.717, 1.165) is 5.92 Å². The number of rotatable bonds is 2. The van der Waals surface area contributed by atoms with Crippen molar-refractivity contribution in [3.05, 3.63) is 12.7 Å². The summed E-state index contributed by atoms with van der Waals surface area (Å²) in [7, 11) is 0. The molecular formula is C12H27N. The molecule has 0 bridgehead atoms. The molecule has 1 nitrogen and oxygen atoms in total. The summed E-state index contributed by atoms with van der Waals surface area (Å²) in [6.45, 7) is 15.2. The first-order chi connectivity index (χ1) is 6.34. The van der Waals surface area contributed by atoms with Crippen molar-refractivity contribution in [2.75, 3.05) is 6.54 Å². The van der Waals surface area contributed by atoms with Crippen molar-refractivity contribution < 1.29 is 0 Å². The van der Waals surface area contributed by atoms with Crippen molar-refractivity contribution in [1.29, 1.82) is 0 Å². The fourth-order valence-corrected chi connectivity index (χ4v) is 1.45. The van der Waals surface area contributed by atoms with Crippen molar-refractivity contribution in [2.45, 2.75) is 53.5 Å². The van der Waals surface area contributed by atoms with Gasteiger partial charge in [0.25, 0.3) is 0 Å². The van der Waals surface area contributed by atoms with Gasteiger partial charge in [-0.1, -0.05) is 33.8 Å². The average molecular weight is 185 g/mol. The van der Waals surface area contributed by atoms with E-state index in [-0.39, 0.29) is 0 Å². The van der Waals surface area contributed by atoms with Crippen LogP contribution in [0.5, 0.6) is 0 Å². The van der Waals surface area contributed by atoms with Crippen LogP contribution in [0.2, 0.25) is 0 Å². The third-order valence-corrected chi connectivity index (χ3v) is 2.16. The van der Waals surface area contributed by atoms with E-state index in [1.165, 1.54) is 19.4 Å². The van der Waals surface area contributed by atoms with Crippen LogP contribution in [-0.4, -0.2) is 12.6 Å². The van der Waals surface area contributed by atoms with E-state index in [1.54, 1.807) is 0 Å². The van der Waals surface area contributed by atoms with Gasteiger partial charge in [0, 0.05) is 6.04 Å². The molecule has 1 heteroatoms. The summed E-state index contributed by atoms with van der Waals surface area (Å²) in [4.78, 5) is 0. The van der Waals surface area contributed by atoms with E-state index in [0.29, 0.717) is 6.04 Å². The maximum atomic E-state index is 3.73. The van der Waals surface area contributed by atoms with Crippen LogP contribution in [0.25, 0.3) is 0 Å². The molecule has 2 atom stereocenters. The van der Waals surface area contributed by atoms with Gasteiger partial charge >= 0.3 is 0 Å². The molecule has 1 fully saturated rings. The SMILES string of the molecule is C=CCC1CCNC1C.CC.CC. The van der Waals surface area contributed by atoms with Gasteiger partial charge in [0.15, 0.2) is 0 Å². The summed E-state index contributed by atoms with van der Waals surface area (Å²) in [5.74, 6) is 0.850. The molecule has 1 heterocycles. The molecule has 0 radical (unpaired) electrons. The lowest BCUT2D eigenvalue weighted by Crippen LogP contribution is -2.22. The van der Waals surface area contributed by atoms with Crippen LogP contribution in [0.4, 0.5) is 0 Å². The normalized spacial score (nSPS) is 25.0. The van der Waals surface area contributed by atoms with Crippen molar-refractivity contribution in [2.24, 2.45) is 5.92 Å². The molecule has 13 heavy (non-hydrogen) atoms. The zero-order valence-corrected chi connectivity index (χ0v) is 10.1. The zero-order chi connectivity index (χ0) is 10.7. The first kappa shape index (κ1) is 15.2. The van der Waals surface area contributed by atoms with E-state index >= 15 is 0 Å². The van der Waals surface area contributed by atoms with Gasteiger partial charge in [-0.05, 0) is 32.2 Å². The highest BCUT2D eigenvalue weighted by atomic mass is 14.9. The smallest absolute Gasteiger partial charge is 0.00704 e. The predicted octanol–water partition coefficient (Wildman–Crippen LogP) is 3.61. The lowest BCUT2D eigenvalue weighted by atomic mass is 9.99. The molecular weight excluding hydrogens is 158 g/mol. The highest BCUT2D eigenvalue weighted by Crippen LogP contribution is 2.18. The molecule has 1 rings (SSSR count). The standard InChI is InChI=1S/C8H15N.2C2H6/c1-3-4-8-5-6-9-7(8)2;2*1-2/h3,7-9H,1,4-6H2,2H3;2*1-2H3. The Balaban J connectivity index is 0. The topological polar surface area (TPSA) is 12.0 Å². The van der Waals surface area contributed by atoms with Crippen molar-refractivity contribution >= 4 is 0 Å². The second-order valence-electron chi connectivity index (χ2n) is 2.82. The van der Waals surface area contributed by atoms with Crippen LogP contribution in [0.3, 0.4) is 0 Å². The lowest BCUT2D eigenvalue weighted by Gasteiger charge is -2.10. The van der Waals surface area contributed by atoms with Gasteiger partial charge in [0.2, 0.25) is 0 Å². The molecule has 0 aliphatic carbocycles. The quantitative estimate of drug-likeness (QED) is 0.648. The van der Waals surface area contributed by atoms with Crippen molar-refractivity contribution in [3.63, 3.8) is 0 Å². The molecule has 2 unspecified atom stereocenters. The summed E-state index contributed by atoms with van der Waals surface area (Å²) >= 11 is 0. The molecule has 1 saturated heterocycles. The van der Waals surface area contributed by atoms with E-state index in [4.69, 9.17) is 0 Å². The highest BCUT2D eigenvalue weighted by Gasteiger charge is 2.20. The Morgan fingerprint density at radius 1 is 1.31 bits per heavy atom. The van der Waals surface area contributed by atoms with E-state index in [9.17, 15) is 0 Å². The molecule has 0 aromatic heterocycles. The molecule has 0 saturated carbocycles. The van der Waals surface area contributed by atoms with Crippen LogP contribution in [0.1, 0.15) is 47.5 Å². The van der Waals surface area contributed by atoms with Crippen LogP contribution in [0.15, 0.2) is 12.7 Å². The molecule has 1 aliphatic rings. The zero-order valence-electron chi connectivity index (χ0n) is 10.1. The van der Waals surface area contributed by atoms with Crippen LogP contribution in [-0.2, 0) is 0 Å². The molecule has 1 N–H and O–H groups in total. The maximum Gasteiger partial charge on any atom is 0.00704 e. The first-order valence-electron chi connectivity index (χ1n) is 5.69. The summed E-state index contributed by atoms with van der Waals surface area (Å²) in [6.07, 6.45) is 4.52. The Kier molecular flexibility index (Phi) is 13.7. The minimum absolute atomic E-state index is 0.711. The Bertz CT molecular complexity index is 99.3. The number of allylic oxidation sites excluding steroid dienone is 1. The highest BCUT2D eigenvalue weighted by molar-refractivity contribution is 4.85. The molecule has 80 valence electrons. The van der Waals surface area contributed by atoms with Gasteiger partial charge in [-0.15, -0.1) is 6.58 Å². The molecule has 0 aromatic carbocycles. The lowest BCUT2D eigenvalue weighted by molar-refractivity contribution is 0.482. The second kappa shape index (κ2) is 11.7. The van der Waals surface area contributed by atoms with Gasteiger partial charge in [0.1, 0.15) is 0 Å². The fourth-order valence-electron chi connectivity index (χ4n) is 1.45. The van der Waals surface area contributed by atoms with E-state index in [2.05, 4.69) is 18.8 Å². The monoisotopic (exact) mass is 185 g/mol. The summed E-state index contributed by atoms with van der Waals surface area (Å²) in [6, 6.07) is 0.711. The van der Waals surface area contributed by atoms with Crippen molar-refractivity contribution in [1.82, 2.24) is 5.32 Å². The first-order valence-corrected chi connectivity index (χ1v) is 5.69. The van der Waals surface area contributed by atoms with Crippen LogP contribution in [0, 0.1) is 5.92 Å². The third kappa shape index (κ3) is 6.83. The Morgan fingerprint density at radius 3 is 2.15 bits per heavy atom. The molecule has 0 spiro atoms. The minimum atomic E-state index is 0.711. The van der Waals surface area contributed by atoms with Gasteiger partial charge in [0.05, 0.1) is 0 Å².